The predicted octanol–water partition coefficient (Wildman–Crippen LogP) is 1.12. The van der Waals surface area contributed by atoms with Crippen LogP contribution in [0.4, 0.5) is 0 Å². The lowest BCUT2D eigenvalue weighted by Crippen LogP contribution is -2.58. The number of benzene rings is 2. The van der Waals surface area contributed by atoms with Gasteiger partial charge in [-0.3, -0.25) is 0 Å². The third-order valence-corrected chi connectivity index (χ3v) is 5.74. The van der Waals surface area contributed by atoms with Crippen molar-refractivity contribution >= 4 is 30.1 Å². The van der Waals surface area contributed by atoms with Gasteiger partial charge in [0.1, 0.15) is 6.10 Å². The average Bonchev–Trinajstić information content (AvgIpc) is 2.87. The lowest BCUT2D eigenvalue weighted by molar-refractivity contribution is -0.206. The van der Waals surface area contributed by atoms with Gasteiger partial charge in [-0.2, -0.15) is 0 Å². The molecule has 202 valence electrons. The van der Waals surface area contributed by atoms with Gasteiger partial charge < -0.3 is 44.8 Å². The predicted molar refractivity (Wildman–Crippen MR) is 130 cm³/mol. The van der Waals surface area contributed by atoms with Gasteiger partial charge in [-0.1, -0.05) is 12.1 Å². The topological polar surface area (TPSA) is 200 Å². The SMILES string of the molecule is COC(=O)[C@@]1(O)CC(O)[C@@H](OC(=O)/C=C/c2ccc(O)c(O)c2)C(OC(=O)/C=C/c2ccc(O)c(O)c2)C1. The van der Waals surface area contributed by atoms with E-state index in [4.69, 9.17) is 9.47 Å². The molecule has 6 N–H and O–H groups in total. The lowest BCUT2D eigenvalue weighted by atomic mass is 9.79. The summed E-state index contributed by atoms with van der Waals surface area (Å²) in [6.45, 7) is 0. The lowest BCUT2D eigenvalue weighted by Gasteiger charge is -2.41. The van der Waals surface area contributed by atoms with Crippen molar-refractivity contribution in [1.82, 2.24) is 0 Å². The van der Waals surface area contributed by atoms with E-state index in [1.165, 1.54) is 48.6 Å². The van der Waals surface area contributed by atoms with E-state index in [1.807, 2.05) is 0 Å². The van der Waals surface area contributed by atoms with Crippen LogP contribution in [0.25, 0.3) is 12.2 Å². The highest BCUT2D eigenvalue weighted by Crippen LogP contribution is 2.34. The Hall–Kier alpha value is -4.55. The number of phenolic OH excluding ortho intramolecular Hbond substituents is 4. The quantitative estimate of drug-likeness (QED) is 0.129. The maximum absolute atomic E-state index is 12.5. The first-order valence-corrected chi connectivity index (χ1v) is 11.2. The van der Waals surface area contributed by atoms with Crippen LogP contribution in [-0.4, -0.2) is 79.6 Å². The number of phenols is 4. The van der Waals surface area contributed by atoms with E-state index in [0.29, 0.717) is 11.1 Å². The Balaban J connectivity index is 1.77. The number of esters is 3. The van der Waals surface area contributed by atoms with E-state index in [0.717, 1.165) is 19.3 Å². The summed E-state index contributed by atoms with van der Waals surface area (Å²) in [4.78, 5) is 37.1. The Morgan fingerprint density at radius 3 is 1.79 bits per heavy atom. The minimum atomic E-state index is -2.23. The Morgan fingerprint density at radius 2 is 1.32 bits per heavy atom. The molecule has 0 saturated heterocycles. The molecule has 38 heavy (non-hydrogen) atoms. The number of hydrogen-bond donors (Lipinski definition) is 6. The molecule has 0 heterocycles. The highest BCUT2D eigenvalue weighted by Gasteiger charge is 2.52. The number of hydrogen-bond acceptors (Lipinski definition) is 12. The molecule has 12 nitrogen and oxygen atoms in total. The van der Waals surface area contributed by atoms with E-state index < -0.39 is 66.2 Å². The molecular weight excluding hydrogens is 504 g/mol. The number of methoxy groups -OCH3 is 1. The molecular formula is C26H26O12. The Bertz CT molecular complexity index is 1270. The molecule has 0 aliphatic heterocycles. The van der Waals surface area contributed by atoms with Gasteiger partial charge >= 0.3 is 17.9 Å². The third-order valence-electron chi connectivity index (χ3n) is 5.74. The van der Waals surface area contributed by atoms with Crippen molar-refractivity contribution < 1.29 is 59.2 Å². The minimum absolute atomic E-state index is 0.334. The van der Waals surface area contributed by atoms with E-state index in [-0.39, 0.29) is 11.5 Å². The smallest absolute Gasteiger partial charge is 0.338 e. The van der Waals surface area contributed by atoms with Crippen molar-refractivity contribution in [3.63, 3.8) is 0 Å². The molecule has 0 amide bonds. The van der Waals surface area contributed by atoms with Crippen molar-refractivity contribution in [2.45, 2.75) is 36.8 Å². The molecule has 1 aliphatic rings. The zero-order valence-corrected chi connectivity index (χ0v) is 20.1. The highest BCUT2D eigenvalue weighted by atomic mass is 16.6. The number of aromatic hydroxyl groups is 4. The van der Waals surface area contributed by atoms with E-state index in [9.17, 15) is 45.0 Å². The van der Waals surface area contributed by atoms with Gasteiger partial charge in [0, 0.05) is 25.0 Å². The second kappa shape index (κ2) is 11.7. The first-order valence-electron chi connectivity index (χ1n) is 11.2. The molecule has 2 unspecified atom stereocenters. The van der Waals surface area contributed by atoms with Crippen LogP contribution in [0.3, 0.4) is 0 Å². The fraction of sp³-hybridized carbons (Fsp3) is 0.269. The van der Waals surface area contributed by atoms with Crippen LogP contribution in [0.5, 0.6) is 23.0 Å². The first-order chi connectivity index (χ1) is 17.9. The van der Waals surface area contributed by atoms with Gasteiger partial charge in [0.2, 0.25) is 0 Å². The van der Waals surface area contributed by atoms with Gasteiger partial charge in [0.05, 0.1) is 13.2 Å². The molecule has 2 aromatic carbocycles. The number of carbonyl (C=O) groups is 3. The zero-order chi connectivity index (χ0) is 28.0. The summed E-state index contributed by atoms with van der Waals surface area (Å²) in [7, 11) is 1.03. The molecule has 1 saturated carbocycles. The number of ether oxygens (including phenoxy) is 3. The van der Waals surface area contributed by atoms with Crippen LogP contribution in [0, 0.1) is 0 Å². The summed E-state index contributed by atoms with van der Waals surface area (Å²) in [5.74, 6) is -4.57. The summed E-state index contributed by atoms with van der Waals surface area (Å²) in [5.41, 5.74) is -1.55. The second-order valence-electron chi connectivity index (χ2n) is 8.54. The average molecular weight is 530 g/mol. The maximum atomic E-state index is 12.5. The van der Waals surface area contributed by atoms with Gasteiger partial charge in [-0.15, -0.1) is 0 Å². The maximum Gasteiger partial charge on any atom is 0.338 e. The molecule has 2 aromatic rings. The molecule has 0 aromatic heterocycles. The first kappa shape index (κ1) is 28.0. The van der Waals surface area contributed by atoms with Crippen LogP contribution in [-0.2, 0) is 28.6 Å². The third kappa shape index (κ3) is 6.81. The molecule has 0 radical (unpaired) electrons. The largest absolute Gasteiger partial charge is 0.504 e. The van der Waals surface area contributed by atoms with E-state index in [2.05, 4.69) is 4.74 Å². The normalized spacial score (nSPS) is 23.3. The summed E-state index contributed by atoms with van der Waals surface area (Å²) in [6.07, 6.45) is -1.24. The number of rotatable bonds is 7. The van der Waals surface area contributed by atoms with Crippen molar-refractivity contribution in [2.75, 3.05) is 7.11 Å². The zero-order valence-electron chi connectivity index (χ0n) is 20.1. The van der Waals surface area contributed by atoms with E-state index in [1.54, 1.807) is 0 Å². The molecule has 1 fully saturated rings. The Kier molecular flexibility index (Phi) is 8.61. The van der Waals surface area contributed by atoms with Crippen molar-refractivity contribution in [3.8, 4) is 23.0 Å². The molecule has 0 bridgehead atoms. The van der Waals surface area contributed by atoms with Gasteiger partial charge in [-0.25, -0.2) is 14.4 Å². The summed E-state index contributed by atoms with van der Waals surface area (Å²) in [6, 6.07) is 7.61. The monoisotopic (exact) mass is 530 g/mol. The molecule has 12 heteroatoms. The van der Waals surface area contributed by atoms with Crippen molar-refractivity contribution in [3.05, 3.63) is 59.7 Å². The number of carbonyl (C=O) groups excluding carboxylic acids is 3. The fourth-order valence-corrected chi connectivity index (χ4v) is 3.84. The Labute approximate surface area is 216 Å². The highest BCUT2D eigenvalue weighted by molar-refractivity contribution is 5.88. The second-order valence-corrected chi connectivity index (χ2v) is 8.54. The molecule has 0 spiro atoms. The summed E-state index contributed by atoms with van der Waals surface area (Å²) >= 11 is 0. The summed E-state index contributed by atoms with van der Waals surface area (Å²) in [5, 5.41) is 59.2. The van der Waals surface area contributed by atoms with Crippen LogP contribution in [0.2, 0.25) is 0 Å². The van der Waals surface area contributed by atoms with Crippen LogP contribution in [0.15, 0.2) is 48.6 Å². The minimum Gasteiger partial charge on any atom is -0.504 e. The van der Waals surface area contributed by atoms with Gasteiger partial charge in [-0.05, 0) is 47.5 Å². The van der Waals surface area contributed by atoms with Gasteiger partial charge in [0.25, 0.3) is 0 Å². The number of aliphatic hydroxyl groups is 2. The van der Waals surface area contributed by atoms with Crippen molar-refractivity contribution in [2.24, 2.45) is 0 Å². The van der Waals surface area contributed by atoms with Crippen molar-refractivity contribution in [1.29, 1.82) is 0 Å². The standard InChI is InChI=1S/C26H26O12/c1-36-25(34)26(35)12-20(31)24(38-23(33)9-5-15-3-7-17(28)19(30)11-15)21(13-26)37-22(32)8-4-14-2-6-16(27)18(29)10-14/h2-11,20-21,24,27-31,35H,12-13H2,1H3/b8-4+,9-5+/t20?,21?,24-,26-/m1/s1. The van der Waals surface area contributed by atoms with Crippen LogP contribution >= 0.6 is 0 Å². The van der Waals surface area contributed by atoms with Crippen LogP contribution < -0.4 is 0 Å². The van der Waals surface area contributed by atoms with Gasteiger partial charge in [0.15, 0.2) is 34.7 Å². The molecule has 3 rings (SSSR count). The number of aliphatic hydroxyl groups excluding tert-OH is 1. The van der Waals surface area contributed by atoms with Crippen LogP contribution in [0.1, 0.15) is 24.0 Å². The Morgan fingerprint density at radius 1 is 0.816 bits per heavy atom. The van der Waals surface area contributed by atoms with E-state index >= 15 is 0 Å². The summed E-state index contributed by atoms with van der Waals surface area (Å²) < 4.78 is 15.2. The fourth-order valence-electron chi connectivity index (χ4n) is 3.84. The molecule has 4 atom stereocenters. The molecule has 1 aliphatic carbocycles.